The molecular weight excluding hydrogens is 402 g/mol. The quantitative estimate of drug-likeness (QED) is 0.731. The third kappa shape index (κ3) is 5.52. The predicted octanol–water partition coefficient (Wildman–Crippen LogP) is 2.73. The van der Waals surface area contributed by atoms with Gasteiger partial charge in [0, 0.05) is 32.2 Å². The van der Waals surface area contributed by atoms with Gasteiger partial charge in [0.25, 0.3) is 0 Å². The number of nitrogens with zero attached hydrogens (tertiary/aromatic N) is 2. The highest BCUT2D eigenvalue weighted by Gasteiger charge is 2.30. The van der Waals surface area contributed by atoms with Crippen molar-refractivity contribution in [2.45, 2.75) is 30.7 Å². The van der Waals surface area contributed by atoms with Crippen molar-refractivity contribution in [3.8, 4) is 5.75 Å². The van der Waals surface area contributed by atoms with Crippen LogP contribution in [0.25, 0.3) is 0 Å². The monoisotopic (exact) mass is 431 g/mol. The second-order valence-corrected chi connectivity index (χ2v) is 9.38. The van der Waals surface area contributed by atoms with Crippen LogP contribution in [0.5, 0.6) is 5.75 Å². The van der Waals surface area contributed by atoms with Gasteiger partial charge in [-0.25, -0.2) is 13.2 Å². The molecule has 162 valence electrons. The van der Waals surface area contributed by atoms with E-state index in [4.69, 9.17) is 4.74 Å². The van der Waals surface area contributed by atoms with Gasteiger partial charge in [-0.15, -0.1) is 0 Å². The molecule has 0 aliphatic carbocycles. The molecule has 30 heavy (non-hydrogen) atoms. The number of aryl methyl sites for hydroxylation is 1. The Morgan fingerprint density at radius 1 is 1.03 bits per heavy atom. The van der Waals surface area contributed by atoms with E-state index in [0.717, 1.165) is 12.8 Å². The normalized spacial score (nSPS) is 16.1. The number of rotatable bonds is 7. The van der Waals surface area contributed by atoms with Gasteiger partial charge in [-0.1, -0.05) is 30.3 Å². The van der Waals surface area contributed by atoms with Gasteiger partial charge in [-0.3, -0.25) is 0 Å². The van der Waals surface area contributed by atoms with Crippen molar-refractivity contribution in [3.05, 3.63) is 60.2 Å². The van der Waals surface area contributed by atoms with Gasteiger partial charge in [0.15, 0.2) is 0 Å². The van der Waals surface area contributed by atoms with Crippen molar-refractivity contribution in [2.24, 2.45) is 0 Å². The lowest BCUT2D eigenvalue weighted by Crippen LogP contribution is -2.54. The fraction of sp³-hybridized carbons (Fsp3) is 0.409. The summed E-state index contributed by atoms with van der Waals surface area (Å²) in [5.41, 5.74) is 1.25. The summed E-state index contributed by atoms with van der Waals surface area (Å²) >= 11 is 0. The molecule has 1 heterocycles. The lowest BCUT2D eigenvalue weighted by molar-refractivity contribution is 0.169. The zero-order valence-corrected chi connectivity index (χ0v) is 18.3. The van der Waals surface area contributed by atoms with Gasteiger partial charge in [0.05, 0.1) is 12.0 Å². The van der Waals surface area contributed by atoms with Crippen molar-refractivity contribution in [2.75, 3.05) is 33.3 Å². The van der Waals surface area contributed by atoms with Gasteiger partial charge in [-0.2, -0.15) is 4.31 Å². The number of urea groups is 1. The van der Waals surface area contributed by atoms with Crippen LogP contribution in [0.3, 0.4) is 0 Å². The summed E-state index contributed by atoms with van der Waals surface area (Å²) < 4.78 is 32.2. The van der Waals surface area contributed by atoms with E-state index in [-0.39, 0.29) is 30.1 Å². The molecule has 0 radical (unpaired) electrons. The second-order valence-electron chi connectivity index (χ2n) is 7.44. The molecule has 1 fully saturated rings. The number of hydrogen-bond acceptors (Lipinski definition) is 4. The SMILES string of the molecule is COc1ccc(S(=O)(=O)N2CCN(C(=O)N[C@H](C)CCc3ccccc3)CC2)cc1. The smallest absolute Gasteiger partial charge is 0.317 e. The second kappa shape index (κ2) is 9.95. The fourth-order valence-corrected chi connectivity index (χ4v) is 4.85. The molecule has 1 atom stereocenters. The van der Waals surface area contributed by atoms with Crippen LogP contribution in [0.1, 0.15) is 18.9 Å². The van der Waals surface area contributed by atoms with E-state index in [2.05, 4.69) is 17.4 Å². The molecule has 2 aromatic carbocycles. The van der Waals surface area contributed by atoms with Crippen LogP contribution in [-0.4, -0.2) is 63.0 Å². The Balaban J connectivity index is 1.48. The maximum atomic E-state index is 12.8. The average molecular weight is 432 g/mol. The average Bonchev–Trinajstić information content (AvgIpc) is 2.78. The number of benzene rings is 2. The number of methoxy groups -OCH3 is 1. The summed E-state index contributed by atoms with van der Waals surface area (Å²) in [4.78, 5) is 14.5. The third-order valence-electron chi connectivity index (χ3n) is 5.30. The number of carbonyl (C=O) groups excluding carboxylic acids is 1. The van der Waals surface area contributed by atoms with E-state index < -0.39 is 10.0 Å². The number of hydrogen-bond donors (Lipinski definition) is 1. The summed E-state index contributed by atoms with van der Waals surface area (Å²) in [7, 11) is -2.04. The van der Waals surface area contributed by atoms with Crippen LogP contribution in [0.15, 0.2) is 59.5 Å². The van der Waals surface area contributed by atoms with Gasteiger partial charge < -0.3 is 15.0 Å². The summed E-state index contributed by atoms with van der Waals surface area (Å²) in [6.07, 6.45) is 1.75. The fourth-order valence-electron chi connectivity index (χ4n) is 3.43. The van der Waals surface area contributed by atoms with E-state index in [1.807, 2.05) is 25.1 Å². The molecule has 2 amide bonds. The van der Waals surface area contributed by atoms with Gasteiger partial charge in [-0.05, 0) is 49.6 Å². The minimum absolute atomic E-state index is 0.0405. The predicted molar refractivity (Wildman–Crippen MR) is 116 cm³/mol. The molecule has 3 rings (SSSR count). The Morgan fingerprint density at radius 2 is 1.67 bits per heavy atom. The molecule has 0 aromatic heterocycles. The molecule has 1 saturated heterocycles. The van der Waals surface area contributed by atoms with Crippen LogP contribution in [0.4, 0.5) is 4.79 Å². The summed E-state index contributed by atoms with van der Waals surface area (Å²) in [6.45, 7) is 3.28. The molecule has 1 N–H and O–H groups in total. The number of carbonyl (C=O) groups is 1. The summed E-state index contributed by atoms with van der Waals surface area (Å²) in [6, 6.07) is 16.4. The highest BCUT2D eigenvalue weighted by Crippen LogP contribution is 2.20. The minimum Gasteiger partial charge on any atom is -0.497 e. The lowest BCUT2D eigenvalue weighted by atomic mass is 10.1. The van der Waals surface area contributed by atoms with Crippen molar-refractivity contribution in [1.29, 1.82) is 0 Å². The third-order valence-corrected chi connectivity index (χ3v) is 7.21. The molecular formula is C22H29N3O4S. The Bertz CT molecular complexity index is 925. The van der Waals surface area contributed by atoms with Crippen molar-refractivity contribution >= 4 is 16.1 Å². The van der Waals surface area contributed by atoms with Crippen molar-refractivity contribution < 1.29 is 17.9 Å². The van der Waals surface area contributed by atoms with Crippen LogP contribution in [0.2, 0.25) is 0 Å². The molecule has 0 bridgehead atoms. The van der Waals surface area contributed by atoms with E-state index in [1.54, 1.807) is 29.2 Å². The standard InChI is InChI=1S/C22H29N3O4S/c1-18(8-9-19-6-4-3-5-7-19)23-22(26)24-14-16-25(17-15-24)30(27,28)21-12-10-20(29-2)11-13-21/h3-7,10-13,18H,8-9,14-17H2,1-2H3,(H,23,26)/t18-/m1/s1. The highest BCUT2D eigenvalue weighted by atomic mass is 32.2. The molecule has 2 aromatic rings. The van der Waals surface area contributed by atoms with E-state index in [0.29, 0.717) is 18.8 Å². The molecule has 0 saturated carbocycles. The molecule has 8 heteroatoms. The van der Waals surface area contributed by atoms with E-state index in [1.165, 1.54) is 17.0 Å². The maximum absolute atomic E-state index is 12.8. The largest absolute Gasteiger partial charge is 0.497 e. The van der Waals surface area contributed by atoms with E-state index >= 15 is 0 Å². The summed E-state index contributed by atoms with van der Waals surface area (Å²) in [5, 5.41) is 3.02. The van der Waals surface area contributed by atoms with Gasteiger partial charge in [0.2, 0.25) is 10.0 Å². The minimum atomic E-state index is -3.58. The van der Waals surface area contributed by atoms with Crippen molar-refractivity contribution in [3.63, 3.8) is 0 Å². The Morgan fingerprint density at radius 3 is 2.27 bits per heavy atom. The Labute approximate surface area is 178 Å². The number of amides is 2. The van der Waals surface area contributed by atoms with Gasteiger partial charge >= 0.3 is 6.03 Å². The Hall–Kier alpha value is -2.58. The highest BCUT2D eigenvalue weighted by molar-refractivity contribution is 7.89. The first-order valence-electron chi connectivity index (χ1n) is 10.1. The zero-order valence-electron chi connectivity index (χ0n) is 17.5. The molecule has 0 unspecified atom stereocenters. The molecule has 1 aliphatic rings. The Kier molecular flexibility index (Phi) is 7.33. The molecule has 7 nitrogen and oxygen atoms in total. The van der Waals surface area contributed by atoms with Crippen LogP contribution in [0, 0.1) is 0 Å². The number of nitrogens with one attached hydrogen (secondary N) is 1. The first-order chi connectivity index (χ1) is 14.4. The zero-order chi connectivity index (χ0) is 21.6. The molecule has 0 spiro atoms. The van der Waals surface area contributed by atoms with Crippen molar-refractivity contribution in [1.82, 2.24) is 14.5 Å². The first kappa shape index (κ1) is 22.1. The summed E-state index contributed by atoms with van der Waals surface area (Å²) in [5.74, 6) is 0.608. The number of sulfonamides is 1. The van der Waals surface area contributed by atoms with E-state index in [9.17, 15) is 13.2 Å². The molecule has 1 aliphatic heterocycles. The number of ether oxygens (including phenoxy) is 1. The number of piperazine rings is 1. The van der Waals surface area contributed by atoms with Crippen LogP contribution >= 0.6 is 0 Å². The maximum Gasteiger partial charge on any atom is 0.317 e. The lowest BCUT2D eigenvalue weighted by Gasteiger charge is -2.34. The van der Waals surface area contributed by atoms with Crippen LogP contribution < -0.4 is 10.1 Å². The van der Waals surface area contributed by atoms with Gasteiger partial charge in [0.1, 0.15) is 5.75 Å². The first-order valence-corrected chi connectivity index (χ1v) is 11.6. The van der Waals surface area contributed by atoms with Crippen LogP contribution in [-0.2, 0) is 16.4 Å². The topological polar surface area (TPSA) is 79.0 Å².